The van der Waals surface area contributed by atoms with E-state index in [0.29, 0.717) is 0 Å². The van der Waals surface area contributed by atoms with Crippen molar-refractivity contribution in [3.8, 4) is 0 Å². The monoisotopic (exact) mass is 304 g/mol. The smallest absolute Gasteiger partial charge is 0.241 e. The molecular formula is C17H24O3Si. The lowest BCUT2D eigenvalue weighted by Gasteiger charge is -2.55. The topological polar surface area (TPSA) is 43.4 Å². The van der Waals surface area contributed by atoms with Crippen molar-refractivity contribution in [2.45, 2.75) is 39.9 Å². The molecule has 0 radical (unpaired) electrons. The van der Waals surface area contributed by atoms with Crippen LogP contribution < -0.4 is 0 Å². The molecular weight excluding hydrogens is 280 g/mol. The van der Waals surface area contributed by atoms with Crippen molar-refractivity contribution < 1.29 is 14.0 Å². The Labute approximate surface area is 127 Å². The molecule has 0 aromatic rings. The van der Waals surface area contributed by atoms with E-state index in [9.17, 15) is 9.59 Å². The minimum Gasteiger partial charge on any atom is -0.547 e. The first-order valence-corrected chi connectivity index (χ1v) is 11.2. The van der Waals surface area contributed by atoms with Gasteiger partial charge in [-0.25, -0.2) is 0 Å². The van der Waals surface area contributed by atoms with Crippen LogP contribution in [0.4, 0.5) is 0 Å². The third-order valence-corrected chi connectivity index (χ3v) is 5.91. The fraction of sp³-hybridized carbons (Fsp3) is 0.647. The summed E-state index contributed by atoms with van der Waals surface area (Å²) in [6.07, 6.45) is 6.05. The number of rotatable bonds is 2. The Hall–Kier alpha value is -1.16. The van der Waals surface area contributed by atoms with E-state index in [1.54, 1.807) is 0 Å². The summed E-state index contributed by atoms with van der Waals surface area (Å²) >= 11 is 0. The summed E-state index contributed by atoms with van der Waals surface area (Å²) in [4.78, 5) is 24.7. The third kappa shape index (κ3) is 2.33. The first-order chi connectivity index (χ1) is 9.60. The van der Waals surface area contributed by atoms with E-state index in [4.69, 9.17) is 4.43 Å². The minimum atomic E-state index is -1.71. The van der Waals surface area contributed by atoms with Gasteiger partial charge in [0.2, 0.25) is 8.32 Å². The van der Waals surface area contributed by atoms with E-state index in [1.807, 2.05) is 0 Å². The van der Waals surface area contributed by atoms with Crippen molar-refractivity contribution in [3.63, 3.8) is 0 Å². The lowest BCUT2D eigenvalue weighted by molar-refractivity contribution is -0.140. The average Bonchev–Trinajstić information content (AvgIpc) is 2.32. The second kappa shape index (κ2) is 4.42. The Morgan fingerprint density at radius 2 is 1.67 bits per heavy atom. The Morgan fingerprint density at radius 1 is 1.10 bits per heavy atom. The zero-order chi connectivity index (χ0) is 15.6. The van der Waals surface area contributed by atoms with Gasteiger partial charge in [-0.3, -0.25) is 9.59 Å². The van der Waals surface area contributed by atoms with Gasteiger partial charge in [-0.05, 0) is 55.6 Å². The fourth-order valence-corrected chi connectivity index (χ4v) is 5.20. The molecule has 2 bridgehead atoms. The number of allylic oxidation sites excluding steroid dienone is 4. The molecule has 0 amide bonds. The van der Waals surface area contributed by atoms with Gasteiger partial charge in [0.05, 0.1) is 5.76 Å². The van der Waals surface area contributed by atoms with Gasteiger partial charge in [-0.1, -0.05) is 13.8 Å². The maximum Gasteiger partial charge on any atom is 0.241 e. The van der Waals surface area contributed by atoms with Gasteiger partial charge in [0.15, 0.2) is 11.6 Å². The highest BCUT2D eigenvalue weighted by atomic mass is 28.4. The van der Waals surface area contributed by atoms with Crippen molar-refractivity contribution in [1.82, 2.24) is 0 Å². The van der Waals surface area contributed by atoms with Crippen LogP contribution in [-0.2, 0) is 14.0 Å². The second-order valence-electron chi connectivity index (χ2n) is 8.30. The van der Waals surface area contributed by atoms with E-state index in [2.05, 4.69) is 39.6 Å². The predicted molar refractivity (Wildman–Crippen MR) is 84.0 cm³/mol. The van der Waals surface area contributed by atoms with Crippen LogP contribution in [-0.4, -0.2) is 19.9 Å². The molecule has 0 saturated heterocycles. The molecule has 4 aliphatic carbocycles. The number of carbonyl (C=O) groups excluding carboxylic acids is 2. The summed E-state index contributed by atoms with van der Waals surface area (Å²) in [5.74, 6) is 1.02. The second-order valence-corrected chi connectivity index (χ2v) is 12.7. The maximum absolute atomic E-state index is 12.4. The zero-order valence-electron chi connectivity index (χ0n) is 13.5. The van der Waals surface area contributed by atoms with Crippen LogP contribution in [0.3, 0.4) is 0 Å². The normalized spacial score (nSPS) is 37.3. The Morgan fingerprint density at radius 3 is 2.24 bits per heavy atom. The molecule has 3 nitrogen and oxygen atoms in total. The molecule has 114 valence electrons. The molecule has 0 spiro atoms. The van der Waals surface area contributed by atoms with Gasteiger partial charge in [0, 0.05) is 17.8 Å². The summed E-state index contributed by atoms with van der Waals surface area (Å²) in [5, 5.41) is 0. The predicted octanol–water partition coefficient (Wildman–Crippen LogP) is 3.34. The molecule has 0 aromatic carbocycles. The van der Waals surface area contributed by atoms with Crippen LogP contribution >= 0.6 is 0 Å². The highest BCUT2D eigenvalue weighted by Crippen LogP contribution is 2.58. The van der Waals surface area contributed by atoms with Gasteiger partial charge in [-0.2, -0.15) is 0 Å². The lowest BCUT2D eigenvalue weighted by Crippen LogP contribution is -2.55. The molecule has 0 heterocycles. The molecule has 1 fully saturated rings. The van der Waals surface area contributed by atoms with Crippen molar-refractivity contribution in [2.24, 2.45) is 29.1 Å². The Kier molecular flexibility index (Phi) is 3.10. The molecule has 0 aliphatic heterocycles. The first-order valence-electron chi connectivity index (χ1n) is 7.77. The Bertz CT molecular complexity index is 565. The maximum atomic E-state index is 12.4. The van der Waals surface area contributed by atoms with Crippen LogP contribution in [0.1, 0.15) is 20.3 Å². The lowest BCUT2D eigenvalue weighted by atomic mass is 9.49. The number of carbonyl (C=O) groups is 2. The van der Waals surface area contributed by atoms with E-state index < -0.39 is 8.32 Å². The summed E-state index contributed by atoms with van der Waals surface area (Å²) in [6, 6.07) is 0. The van der Waals surface area contributed by atoms with E-state index >= 15 is 0 Å². The van der Waals surface area contributed by atoms with E-state index in [-0.39, 0.29) is 40.7 Å². The summed E-state index contributed by atoms with van der Waals surface area (Å²) in [5.41, 5.74) is 0.0548. The molecule has 1 saturated carbocycles. The number of ketones is 2. The first kappa shape index (κ1) is 14.8. The third-order valence-electron chi connectivity index (χ3n) is 5.06. The van der Waals surface area contributed by atoms with Crippen LogP contribution in [0.5, 0.6) is 0 Å². The van der Waals surface area contributed by atoms with Gasteiger partial charge in [0.1, 0.15) is 0 Å². The van der Waals surface area contributed by atoms with Gasteiger partial charge in [0.25, 0.3) is 0 Å². The highest BCUT2D eigenvalue weighted by Gasteiger charge is 2.58. The summed E-state index contributed by atoms with van der Waals surface area (Å²) < 4.78 is 6.25. The minimum absolute atomic E-state index is 0.0548. The largest absolute Gasteiger partial charge is 0.547 e. The number of fused-ring (bicyclic) bond motifs is 1. The van der Waals surface area contributed by atoms with Gasteiger partial charge in [-0.15, -0.1) is 0 Å². The van der Waals surface area contributed by atoms with Gasteiger partial charge < -0.3 is 4.43 Å². The van der Waals surface area contributed by atoms with Crippen LogP contribution in [0.2, 0.25) is 19.6 Å². The van der Waals surface area contributed by atoms with Crippen molar-refractivity contribution in [3.05, 3.63) is 24.0 Å². The van der Waals surface area contributed by atoms with Crippen molar-refractivity contribution >= 4 is 19.9 Å². The quantitative estimate of drug-likeness (QED) is 0.735. The Balaban J connectivity index is 2.05. The molecule has 4 aliphatic rings. The van der Waals surface area contributed by atoms with Crippen LogP contribution in [0, 0.1) is 29.1 Å². The molecule has 0 N–H and O–H groups in total. The standard InChI is InChI=1S/C17H24O3Si/c1-17(2)9-10-14(20-21(3,4)5)8-11(17)16-13(19)7-6-12(18)15(10)16/h6-8,10-11,15-16H,9H2,1-5H3/t10-,11+,15-,16+/m0/s1. The van der Waals surface area contributed by atoms with Crippen LogP contribution in [0.25, 0.3) is 0 Å². The molecule has 21 heavy (non-hydrogen) atoms. The molecule has 0 aromatic heterocycles. The molecule has 4 heteroatoms. The molecule has 0 unspecified atom stereocenters. The SMILES string of the molecule is CC1(C)C[C@H]2C(O[Si](C)(C)C)=C[C@@H]1[C@@H]1C(=O)C=CC(=O)[C@@H]12. The fourth-order valence-electron chi connectivity index (χ4n) is 4.28. The molecule has 4 atom stereocenters. The average molecular weight is 304 g/mol. The highest BCUT2D eigenvalue weighted by molar-refractivity contribution is 6.70. The van der Waals surface area contributed by atoms with Crippen molar-refractivity contribution in [1.29, 1.82) is 0 Å². The van der Waals surface area contributed by atoms with Crippen molar-refractivity contribution in [2.75, 3.05) is 0 Å². The number of hydrogen-bond donors (Lipinski definition) is 0. The number of hydrogen-bond acceptors (Lipinski definition) is 3. The summed E-state index contributed by atoms with van der Waals surface area (Å²) in [6.45, 7) is 10.9. The van der Waals surface area contributed by atoms with E-state index in [1.165, 1.54) is 12.2 Å². The molecule has 4 rings (SSSR count). The zero-order valence-corrected chi connectivity index (χ0v) is 14.5. The van der Waals surface area contributed by atoms with Crippen LogP contribution in [0.15, 0.2) is 24.0 Å². The summed E-state index contributed by atoms with van der Waals surface area (Å²) in [7, 11) is -1.71. The van der Waals surface area contributed by atoms with E-state index in [0.717, 1.165) is 12.2 Å². The van der Waals surface area contributed by atoms with Gasteiger partial charge >= 0.3 is 0 Å².